The first kappa shape index (κ1) is 20.0. The highest BCUT2D eigenvalue weighted by molar-refractivity contribution is 4.98. The molecular formula is C20H42. The molecule has 0 unspecified atom stereocenters. The van der Waals surface area contributed by atoms with Crippen molar-refractivity contribution in [2.24, 2.45) is 16.2 Å². The summed E-state index contributed by atoms with van der Waals surface area (Å²) in [6, 6.07) is 0. The maximum atomic E-state index is 2.48. The average Bonchev–Trinajstić information content (AvgIpc) is 2.29. The quantitative estimate of drug-likeness (QED) is 0.382. The van der Waals surface area contributed by atoms with E-state index in [1.54, 1.807) is 0 Å². The highest BCUT2D eigenvalue weighted by Gasteiger charge is 2.48. The lowest BCUT2D eigenvalue weighted by molar-refractivity contribution is -0.0520. The van der Waals surface area contributed by atoms with Gasteiger partial charge in [-0.3, -0.25) is 0 Å². The van der Waals surface area contributed by atoms with Crippen molar-refractivity contribution in [1.29, 1.82) is 0 Å². The van der Waals surface area contributed by atoms with Gasteiger partial charge >= 0.3 is 0 Å². The van der Waals surface area contributed by atoms with Crippen molar-refractivity contribution in [3.63, 3.8) is 0 Å². The van der Waals surface area contributed by atoms with E-state index in [4.69, 9.17) is 0 Å². The molecule has 0 fully saturated rings. The minimum atomic E-state index is 0.394. The van der Waals surface area contributed by atoms with E-state index in [2.05, 4.69) is 55.4 Å². The molecule has 0 aliphatic carbocycles. The third-order valence-electron chi connectivity index (χ3n) is 5.54. The van der Waals surface area contributed by atoms with Crippen LogP contribution in [0.2, 0.25) is 0 Å². The lowest BCUT2D eigenvalue weighted by Crippen LogP contribution is -2.46. The zero-order valence-electron chi connectivity index (χ0n) is 15.9. The second-order valence-corrected chi connectivity index (χ2v) is 8.85. The minimum Gasteiger partial charge on any atom is -0.0654 e. The standard InChI is InChI=1S/C20H42/c1-9-11-13-15-17-20(18(3,4)5,19(6,7)8)16-14-12-10-2/h9-17H2,1-8H3. The van der Waals surface area contributed by atoms with Crippen molar-refractivity contribution in [3.8, 4) is 0 Å². The van der Waals surface area contributed by atoms with Crippen LogP contribution in [-0.4, -0.2) is 0 Å². The van der Waals surface area contributed by atoms with Crippen LogP contribution in [0.1, 0.15) is 113 Å². The molecule has 0 heteroatoms. The Hall–Kier alpha value is 0. The van der Waals surface area contributed by atoms with E-state index >= 15 is 0 Å². The molecule has 0 nitrogen and oxygen atoms in total. The van der Waals surface area contributed by atoms with E-state index in [0.29, 0.717) is 16.2 Å². The van der Waals surface area contributed by atoms with Crippen LogP contribution in [0.15, 0.2) is 0 Å². The predicted molar refractivity (Wildman–Crippen MR) is 94.2 cm³/mol. The second kappa shape index (κ2) is 8.44. The molecule has 0 aromatic heterocycles. The monoisotopic (exact) mass is 282 g/mol. The van der Waals surface area contributed by atoms with Crippen LogP contribution in [0.25, 0.3) is 0 Å². The molecule has 0 heterocycles. The highest BCUT2D eigenvalue weighted by atomic mass is 14.5. The Labute approximate surface area is 130 Å². The molecule has 122 valence electrons. The van der Waals surface area contributed by atoms with Crippen LogP contribution in [0, 0.1) is 16.2 Å². The fourth-order valence-electron chi connectivity index (χ4n) is 4.28. The van der Waals surface area contributed by atoms with Crippen LogP contribution < -0.4 is 0 Å². The molecule has 0 saturated carbocycles. The molecule has 0 aromatic rings. The van der Waals surface area contributed by atoms with Gasteiger partial charge in [-0.2, -0.15) is 0 Å². The molecule has 0 bridgehead atoms. The van der Waals surface area contributed by atoms with E-state index < -0.39 is 0 Å². The van der Waals surface area contributed by atoms with Gasteiger partial charge < -0.3 is 0 Å². The summed E-state index contributed by atoms with van der Waals surface area (Å²) in [4.78, 5) is 0. The van der Waals surface area contributed by atoms with Crippen LogP contribution in [0.4, 0.5) is 0 Å². The fourth-order valence-corrected chi connectivity index (χ4v) is 4.28. The van der Waals surface area contributed by atoms with Gasteiger partial charge in [-0.05, 0) is 29.1 Å². The maximum absolute atomic E-state index is 2.48. The van der Waals surface area contributed by atoms with Gasteiger partial charge in [-0.25, -0.2) is 0 Å². The maximum Gasteiger partial charge on any atom is -0.0200 e. The van der Waals surface area contributed by atoms with Gasteiger partial charge in [-0.15, -0.1) is 0 Å². The van der Waals surface area contributed by atoms with Crippen LogP contribution in [-0.2, 0) is 0 Å². The molecule has 0 saturated heterocycles. The van der Waals surface area contributed by atoms with Crippen LogP contribution in [0.3, 0.4) is 0 Å². The number of hydrogen-bond donors (Lipinski definition) is 0. The summed E-state index contributed by atoms with van der Waals surface area (Å²) in [7, 11) is 0. The van der Waals surface area contributed by atoms with Crippen LogP contribution >= 0.6 is 0 Å². The van der Waals surface area contributed by atoms with Gasteiger partial charge in [0.2, 0.25) is 0 Å². The average molecular weight is 283 g/mol. The topological polar surface area (TPSA) is 0 Å². The Morgan fingerprint density at radius 2 is 0.850 bits per heavy atom. The van der Waals surface area contributed by atoms with Crippen molar-refractivity contribution < 1.29 is 0 Å². The van der Waals surface area contributed by atoms with Crippen molar-refractivity contribution in [1.82, 2.24) is 0 Å². The van der Waals surface area contributed by atoms with Crippen LogP contribution in [0.5, 0.6) is 0 Å². The Kier molecular flexibility index (Phi) is 8.44. The SMILES string of the molecule is CCCCCCC(CCCCC)(C(C)(C)C)C(C)(C)C. The van der Waals surface area contributed by atoms with Gasteiger partial charge in [0, 0.05) is 0 Å². The van der Waals surface area contributed by atoms with E-state index in [9.17, 15) is 0 Å². The first-order valence-electron chi connectivity index (χ1n) is 9.12. The number of unbranched alkanes of at least 4 members (excludes halogenated alkanes) is 5. The number of rotatable bonds is 9. The predicted octanol–water partition coefficient (Wildman–Crippen LogP) is 7.62. The molecule has 0 amide bonds. The number of hydrogen-bond acceptors (Lipinski definition) is 0. The van der Waals surface area contributed by atoms with Crippen molar-refractivity contribution in [2.45, 2.75) is 113 Å². The normalized spacial score (nSPS) is 13.8. The summed E-state index contributed by atoms with van der Waals surface area (Å²) in [6.45, 7) is 19.5. The van der Waals surface area contributed by atoms with Gasteiger partial charge in [-0.1, -0.05) is 100 Å². The van der Waals surface area contributed by atoms with Gasteiger partial charge in [0.25, 0.3) is 0 Å². The lowest BCUT2D eigenvalue weighted by Gasteiger charge is -2.55. The zero-order valence-corrected chi connectivity index (χ0v) is 15.9. The van der Waals surface area contributed by atoms with Gasteiger partial charge in [0.05, 0.1) is 0 Å². The lowest BCUT2D eigenvalue weighted by atomic mass is 9.50. The molecule has 0 rings (SSSR count). The molecular weight excluding hydrogens is 240 g/mol. The minimum absolute atomic E-state index is 0.394. The molecule has 0 aliphatic rings. The Morgan fingerprint density at radius 1 is 0.500 bits per heavy atom. The molecule has 0 N–H and O–H groups in total. The molecule has 0 atom stereocenters. The molecule has 0 aromatic carbocycles. The molecule has 0 radical (unpaired) electrons. The fraction of sp³-hybridized carbons (Fsp3) is 1.00. The van der Waals surface area contributed by atoms with E-state index in [0.717, 1.165) is 0 Å². The van der Waals surface area contributed by atoms with E-state index in [-0.39, 0.29) is 0 Å². The van der Waals surface area contributed by atoms with Gasteiger partial charge in [0.15, 0.2) is 0 Å². The largest absolute Gasteiger partial charge is 0.0654 e. The first-order valence-corrected chi connectivity index (χ1v) is 9.12. The Morgan fingerprint density at radius 3 is 1.20 bits per heavy atom. The highest BCUT2D eigenvalue weighted by Crippen LogP contribution is 2.57. The summed E-state index contributed by atoms with van der Waals surface area (Å²) in [5, 5.41) is 0. The smallest absolute Gasteiger partial charge is 0.0200 e. The molecule has 20 heavy (non-hydrogen) atoms. The third-order valence-corrected chi connectivity index (χ3v) is 5.54. The summed E-state index contributed by atoms with van der Waals surface area (Å²) < 4.78 is 0. The summed E-state index contributed by atoms with van der Waals surface area (Å²) in [5.41, 5.74) is 1.26. The molecule has 0 aliphatic heterocycles. The summed E-state index contributed by atoms with van der Waals surface area (Å²) >= 11 is 0. The summed E-state index contributed by atoms with van der Waals surface area (Å²) in [5.74, 6) is 0. The second-order valence-electron chi connectivity index (χ2n) is 8.85. The Bertz CT molecular complexity index is 222. The van der Waals surface area contributed by atoms with Crippen molar-refractivity contribution in [3.05, 3.63) is 0 Å². The van der Waals surface area contributed by atoms with Crippen molar-refractivity contribution >= 4 is 0 Å². The van der Waals surface area contributed by atoms with E-state index in [1.165, 1.54) is 57.8 Å². The molecule has 0 spiro atoms. The zero-order chi connectivity index (χ0) is 15.9. The van der Waals surface area contributed by atoms with E-state index in [1.807, 2.05) is 0 Å². The third kappa shape index (κ3) is 5.41. The first-order chi connectivity index (χ1) is 9.12. The Balaban J connectivity index is 5.03. The summed E-state index contributed by atoms with van der Waals surface area (Å²) in [6.07, 6.45) is 12.5. The van der Waals surface area contributed by atoms with Crippen molar-refractivity contribution in [2.75, 3.05) is 0 Å². The van der Waals surface area contributed by atoms with Gasteiger partial charge in [0.1, 0.15) is 0 Å².